The zero-order chi connectivity index (χ0) is 17.2. The molecule has 0 N–H and O–H groups in total. The van der Waals surface area contributed by atoms with Crippen LogP contribution in [0.25, 0.3) is 0 Å². The number of carbonyl (C=O) groups is 1. The van der Waals surface area contributed by atoms with E-state index in [0.717, 1.165) is 42.0 Å². The number of ether oxygens (including phenoxy) is 1. The summed E-state index contributed by atoms with van der Waals surface area (Å²) in [4.78, 5) is 14.9. The highest BCUT2D eigenvalue weighted by Crippen LogP contribution is 2.34. The molecule has 0 bridgehead atoms. The number of likely N-dealkylation sites (tertiary alicyclic amines) is 2. The average Bonchev–Trinajstić information content (AvgIpc) is 3.20. The molecule has 2 atom stereocenters. The van der Waals surface area contributed by atoms with Gasteiger partial charge in [0.2, 0.25) is 0 Å². The normalized spacial score (nSPS) is 25.9. The molecule has 1 aromatic rings. The van der Waals surface area contributed by atoms with E-state index < -0.39 is 0 Å². The molecule has 4 nitrogen and oxygen atoms in total. The fourth-order valence-electron chi connectivity index (χ4n) is 3.87. The number of hydrogen-bond donors (Lipinski definition) is 0. The van der Waals surface area contributed by atoms with E-state index in [1.165, 1.54) is 18.4 Å². The van der Waals surface area contributed by atoms with Gasteiger partial charge in [-0.05, 0) is 30.5 Å². The highest BCUT2D eigenvalue weighted by Gasteiger charge is 2.47. The lowest BCUT2D eigenvalue weighted by molar-refractivity contribution is -0.893. The van der Waals surface area contributed by atoms with Gasteiger partial charge in [0.1, 0.15) is 5.75 Å². The Morgan fingerprint density at radius 3 is 2.54 bits per heavy atom. The number of thioether (sulfide) groups is 1. The number of methoxy groups -OCH3 is 1. The summed E-state index contributed by atoms with van der Waals surface area (Å²) in [6.07, 6.45) is 3.34. The van der Waals surface area contributed by atoms with E-state index in [1.54, 1.807) is 7.11 Å². The molecule has 132 valence electrons. The number of nitrogens with zero attached hydrogens (tertiary/aromatic N) is 2. The Morgan fingerprint density at radius 2 is 1.92 bits per heavy atom. The van der Waals surface area contributed by atoms with E-state index in [1.807, 2.05) is 23.9 Å². The molecule has 2 aliphatic heterocycles. The van der Waals surface area contributed by atoms with E-state index in [9.17, 15) is 4.79 Å². The zero-order valence-corrected chi connectivity index (χ0v) is 15.8. The maximum absolute atomic E-state index is 12.8. The number of benzene rings is 1. The molecule has 0 spiro atoms. The molecule has 2 aliphatic rings. The van der Waals surface area contributed by atoms with Crippen LogP contribution in [0.3, 0.4) is 0 Å². The van der Waals surface area contributed by atoms with Crippen LogP contribution in [-0.2, 0) is 10.5 Å². The largest absolute Gasteiger partial charge is 0.497 e. The molecular weight excluding hydrogens is 320 g/mol. The first-order valence-electron chi connectivity index (χ1n) is 8.85. The van der Waals surface area contributed by atoms with Gasteiger partial charge >= 0.3 is 0 Å². The van der Waals surface area contributed by atoms with Crippen molar-refractivity contribution in [2.45, 2.75) is 36.3 Å². The average molecular weight is 350 g/mol. The maximum Gasteiger partial charge on any atom is 0.280 e. The summed E-state index contributed by atoms with van der Waals surface area (Å²) in [6.45, 7) is 2.99. The van der Waals surface area contributed by atoms with Crippen LogP contribution < -0.4 is 4.74 Å². The molecule has 3 rings (SSSR count). The van der Waals surface area contributed by atoms with Gasteiger partial charge in [-0.1, -0.05) is 12.1 Å². The van der Waals surface area contributed by atoms with Crippen LogP contribution in [0.2, 0.25) is 0 Å². The number of carbonyl (C=O) groups excluding carboxylic acids is 1. The molecule has 5 heteroatoms. The smallest absolute Gasteiger partial charge is 0.280 e. The molecule has 2 heterocycles. The van der Waals surface area contributed by atoms with Crippen LogP contribution in [0.1, 0.15) is 24.8 Å². The van der Waals surface area contributed by atoms with Crippen molar-refractivity contribution in [1.29, 1.82) is 0 Å². The first-order chi connectivity index (χ1) is 11.5. The minimum absolute atomic E-state index is 0.136. The predicted molar refractivity (Wildman–Crippen MR) is 99.3 cm³/mol. The second-order valence-corrected chi connectivity index (χ2v) is 8.81. The Balaban J connectivity index is 1.56. The van der Waals surface area contributed by atoms with Gasteiger partial charge in [-0.2, -0.15) is 0 Å². The van der Waals surface area contributed by atoms with Crippen molar-refractivity contribution in [2.75, 3.05) is 40.8 Å². The number of likely N-dealkylation sites (N-methyl/N-ethyl adjacent to an activating group) is 1. The Kier molecular flexibility index (Phi) is 5.40. The predicted octanol–water partition coefficient (Wildman–Crippen LogP) is 2.77. The van der Waals surface area contributed by atoms with Crippen molar-refractivity contribution in [2.24, 2.45) is 0 Å². The molecule has 1 amide bonds. The zero-order valence-electron chi connectivity index (χ0n) is 15.0. The van der Waals surface area contributed by atoms with Crippen LogP contribution >= 0.6 is 11.8 Å². The van der Waals surface area contributed by atoms with Gasteiger partial charge in [0.15, 0.2) is 6.04 Å². The molecule has 2 fully saturated rings. The molecule has 2 saturated heterocycles. The third-order valence-electron chi connectivity index (χ3n) is 5.35. The highest BCUT2D eigenvalue weighted by atomic mass is 32.2. The Bertz CT molecular complexity index is 567. The first kappa shape index (κ1) is 17.6. The van der Waals surface area contributed by atoms with Crippen LogP contribution in [0.15, 0.2) is 24.3 Å². The van der Waals surface area contributed by atoms with E-state index in [4.69, 9.17) is 4.74 Å². The summed E-state index contributed by atoms with van der Waals surface area (Å²) in [7, 11) is 6.12. The van der Waals surface area contributed by atoms with Crippen molar-refractivity contribution < 1.29 is 14.0 Å². The minimum atomic E-state index is 0.136. The lowest BCUT2D eigenvalue weighted by Crippen LogP contribution is -2.52. The van der Waals surface area contributed by atoms with Crippen LogP contribution in [0.4, 0.5) is 0 Å². The monoisotopic (exact) mass is 349 g/mol. The Labute approximate surface area is 149 Å². The summed E-state index contributed by atoms with van der Waals surface area (Å²) < 4.78 is 6.04. The minimum Gasteiger partial charge on any atom is -0.497 e. The second kappa shape index (κ2) is 7.36. The van der Waals surface area contributed by atoms with Gasteiger partial charge in [-0.15, -0.1) is 11.8 Å². The molecule has 24 heavy (non-hydrogen) atoms. The van der Waals surface area contributed by atoms with E-state index in [-0.39, 0.29) is 6.04 Å². The fourth-order valence-corrected chi connectivity index (χ4v) is 5.29. The molecule has 0 aliphatic carbocycles. The summed E-state index contributed by atoms with van der Waals surface area (Å²) in [5.74, 6) is 2.28. The molecule has 0 saturated carbocycles. The van der Waals surface area contributed by atoms with Gasteiger partial charge in [-0.3, -0.25) is 4.79 Å². The van der Waals surface area contributed by atoms with Crippen molar-refractivity contribution in [3.8, 4) is 5.75 Å². The van der Waals surface area contributed by atoms with Crippen LogP contribution in [-0.4, -0.2) is 67.4 Å². The molecule has 0 aromatic heterocycles. The van der Waals surface area contributed by atoms with Crippen molar-refractivity contribution in [1.82, 2.24) is 4.90 Å². The fraction of sp³-hybridized carbons (Fsp3) is 0.632. The third kappa shape index (κ3) is 3.89. The summed E-state index contributed by atoms with van der Waals surface area (Å²) in [5, 5.41) is 0.554. The number of amides is 1. The lowest BCUT2D eigenvalue weighted by atomic mass is 10.2. The van der Waals surface area contributed by atoms with Gasteiger partial charge in [-0.25, -0.2) is 0 Å². The van der Waals surface area contributed by atoms with Crippen molar-refractivity contribution in [3.05, 3.63) is 29.8 Å². The Hall–Kier alpha value is -1.20. The highest BCUT2D eigenvalue weighted by molar-refractivity contribution is 7.99. The number of hydrogen-bond acceptors (Lipinski definition) is 3. The van der Waals surface area contributed by atoms with Gasteiger partial charge in [0, 0.05) is 25.3 Å². The second-order valence-electron chi connectivity index (χ2n) is 7.53. The standard InChI is InChI=1S/C19H29N2O2S/c1-21(2)13-17(12-18(21)19(22)20-10-4-5-11-20)24-14-15-6-8-16(23-3)9-7-15/h6-9,17-18H,4-5,10-14H2,1-3H3/q+1/t17-,18-/m0/s1. The first-order valence-corrected chi connectivity index (χ1v) is 9.90. The maximum atomic E-state index is 12.8. The molecule has 0 radical (unpaired) electrons. The van der Waals surface area contributed by atoms with Gasteiger partial charge in [0.25, 0.3) is 5.91 Å². The molecule has 1 aromatic carbocycles. The molecular formula is C19H29N2O2S+. The van der Waals surface area contributed by atoms with Crippen molar-refractivity contribution in [3.63, 3.8) is 0 Å². The Morgan fingerprint density at radius 1 is 1.25 bits per heavy atom. The number of rotatable bonds is 5. The van der Waals surface area contributed by atoms with E-state index in [0.29, 0.717) is 11.2 Å². The molecule has 0 unspecified atom stereocenters. The number of quaternary nitrogens is 1. The van der Waals surface area contributed by atoms with Gasteiger partial charge < -0.3 is 14.1 Å². The van der Waals surface area contributed by atoms with Crippen LogP contribution in [0.5, 0.6) is 5.75 Å². The van der Waals surface area contributed by atoms with Gasteiger partial charge in [0.05, 0.1) is 33.0 Å². The summed E-state index contributed by atoms with van der Waals surface area (Å²) >= 11 is 1.99. The summed E-state index contributed by atoms with van der Waals surface area (Å²) in [6, 6.07) is 8.44. The third-order valence-corrected chi connectivity index (χ3v) is 6.66. The topological polar surface area (TPSA) is 29.5 Å². The quantitative estimate of drug-likeness (QED) is 0.766. The lowest BCUT2D eigenvalue weighted by Gasteiger charge is -2.32. The van der Waals surface area contributed by atoms with E-state index >= 15 is 0 Å². The SMILES string of the molecule is COc1ccc(CS[C@H]2C[C@@H](C(=O)N3CCCC3)[N+](C)(C)C2)cc1. The van der Waals surface area contributed by atoms with E-state index in [2.05, 4.69) is 31.1 Å². The summed E-state index contributed by atoms with van der Waals surface area (Å²) in [5.41, 5.74) is 1.32. The van der Waals surface area contributed by atoms with Crippen LogP contribution in [0, 0.1) is 0 Å². The van der Waals surface area contributed by atoms with Crippen molar-refractivity contribution >= 4 is 17.7 Å².